The molecule has 1 N–H and O–H groups in total. The van der Waals surface area contributed by atoms with Crippen molar-refractivity contribution in [2.45, 2.75) is 56.5 Å². The molecule has 0 amide bonds. The van der Waals surface area contributed by atoms with Gasteiger partial charge in [0.2, 0.25) is 5.89 Å². The second kappa shape index (κ2) is 5.03. The topological polar surface area (TPSA) is 60.2 Å². The van der Waals surface area contributed by atoms with Crippen LogP contribution in [-0.2, 0) is 16.6 Å². The van der Waals surface area contributed by atoms with E-state index in [0.717, 1.165) is 55.6 Å². The zero-order chi connectivity index (χ0) is 14.6. The Labute approximate surface area is 131 Å². The second-order valence-electron chi connectivity index (χ2n) is 8.11. The SMILES string of the molecule is C1COC(Cc2nc(C34CC5CC(CC(C5)C3)C4)no2)CN1. The Kier molecular flexibility index (Phi) is 3.09. The van der Waals surface area contributed by atoms with E-state index in [-0.39, 0.29) is 11.5 Å². The molecule has 1 aliphatic heterocycles. The van der Waals surface area contributed by atoms with E-state index < -0.39 is 0 Å². The monoisotopic (exact) mass is 303 g/mol. The Morgan fingerprint density at radius 1 is 1.09 bits per heavy atom. The van der Waals surface area contributed by atoms with Crippen molar-refractivity contribution in [3.63, 3.8) is 0 Å². The highest BCUT2D eigenvalue weighted by molar-refractivity contribution is 5.16. The lowest BCUT2D eigenvalue weighted by atomic mass is 9.49. The van der Waals surface area contributed by atoms with E-state index in [1.54, 1.807) is 0 Å². The number of hydrogen-bond donors (Lipinski definition) is 1. The zero-order valence-corrected chi connectivity index (χ0v) is 13.1. The van der Waals surface area contributed by atoms with Crippen LogP contribution >= 0.6 is 0 Å². The van der Waals surface area contributed by atoms with Gasteiger partial charge in [0.1, 0.15) is 0 Å². The van der Waals surface area contributed by atoms with Crippen molar-refractivity contribution >= 4 is 0 Å². The molecule has 5 nitrogen and oxygen atoms in total. The maximum Gasteiger partial charge on any atom is 0.229 e. The van der Waals surface area contributed by atoms with Gasteiger partial charge in [0.25, 0.3) is 0 Å². The van der Waals surface area contributed by atoms with Crippen LogP contribution in [0.4, 0.5) is 0 Å². The molecule has 4 aliphatic carbocycles. The molecule has 5 heteroatoms. The van der Waals surface area contributed by atoms with Crippen LogP contribution < -0.4 is 5.32 Å². The van der Waals surface area contributed by atoms with Crippen LogP contribution in [-0.4, -0.2) is 35.9 Å². The highest BCUT2D eigenvalue weighted by Gasteiger charge is 2.53. The molecule has 5 aliphatic rings. The number of ether oxygens (including phenoxy) is 1. The van der Waals surface area contributed by atoms with Gasteiger partial charge < -0.3 is 14.6 Å². The molecule has 4 bridgehead atoms. The average molecular weight is 303 g/mol. The van der Waals surface area contributed by atoms with Gasteiger partial charge >= 0.3 is 0 Å². The molecule has 6 rings (SSSR count). The summed E-state index contributed by atoms with van der Waals surface area (Å²) >= 11 is 0. The average Bonchev–Trinajstić information content (AvgIpc) is 2.96. The summed E-state index contributed by atoms with van der Waals surface area (Å²) in [5.74, 6) is 4.52. The fourth-order valence-electron chi connectivity index (χ4n) is 5.88. The first-order chi connectivity index (χ1) is 10.8. The molecule has 2 heterocycles. The van der Waals surface area contributed by atoms with Crippen LogP contribution in [0.25, 0.3) is 0 Å². The lowest BCUT2D eigenvalue weighted by molar-refractivity contribution is -0.0103. The normalized spacial score (nSPS) is 43.6. The summed E-state index contributed by atoms with van der Waals surface area (Å²) in [7, 11) is 0. The second-order valence-corrected chi connectivity index (χ2v) is 8.11. The van der Waals surface area contributed by atoms with Crippen LogP contribution in [0.5, 0.6) is 0 Å². The Balaban J connectivity index is 1.35. The van der Waals surface area contributed by atoms with E-state index in [1.807, 2.05) is 0 Å². The van der Waals surface area contributed by atoms with Gasteiger partial charge in [0.15, 0.2) is 5.82 Å². The van der Waals surface area contributed by atoms with E-state index >= 15 is 0 Å². The summed E-state index contributed by atoms with van der Waals surface area (Å²) in [5, 5.41) is 7.77. The summed E-state index contributed by atoms with van der Waals surface area (Å²) in [5.41, 5.74) is 0.238. The molecule has 0 radical (unpaired) electrons. The summed E-state index contributed by atoms with van der Waals surface area (Å²) < 4.78 is 11.3. The smallest absolute Gasteiger partial charge is 0.229 e. The molecule has 120 valence electrons. The maximum absolute atomic E-state index is 5.75. The van der Waals surface area contributed by atoms with Crippen LogP contribution in [0.15, 0.2) is 4.52 Å². The van der Waals surface area contributed by atoms with Crippen molar-refractivity contribution in [1.29, 1.82) is 0 Å². The van der Waals surface area contributed by atoms with Crippen molar-refractivity contribution in [3.05, 3.63) is 11.7 Å². The van der Waals surface area contributed by atoms with Gasteiger partial charge in [-0.05, 0) is 56.3 Å². The first-order valence-corrected chi connectivity index (χ1v) is 8.94. The Morgan fingerprint density at radius 2 is 1.82 bits per heavy atom. The predicted octanol–water partition coefficient (Wildman–Crippen LogP) is 2.07. The number of aromatic nitrogens is 2. The zero-order valence-electron chi connectivity index (χ0n) is 13.1. The maximum atomic E-state index is 5.75. The molecular weight excluding hydrogens is 278 g/mol. The van der Waals surface area contributed by atoms with Crippen LogP contribution in [0.2, 0.25) is 0 Å². The van der Waals surface area contributed by atoms with Gasteiger partial charge in [-0.3, -0.25) is 0 Å². The summed E-state index contributed by atoms with van der Waals surface area (Å²) in [4.78, 5) is 4.81. The molecule has 0 spiro atoms. The molecule has 4 saturated carbocycles. The molecule has 22 heavy (non-hydrogen) atoms. The fourth-order valence-corrected chi connectivity index (χ4v) is 5.88. The molecule has 0 aromatic carbocycles. The predicted molar refractivity (Wildman–Crippen MR) is 80.5 cm³/mol. The van der Waals surface area contributed by atoms with Gasteiger partial charge in [-0.25, -0.2) is 0 Å². The first kappa shape index (κ1) is 13.5. The van der Waals surface area contributed by atoms with E-state index in [9.17, 15) is 0 Å². The van der Waals surface area contributed by atoms with Crippen molar-refractivity contribution < 1.29 is 9.26 Å². The number of nitrogens with one attached hydrogen (secondary N) is 1. The van der Waals surface area contributed by atoms with Gasteiger partial charge in [0, 0.05) is 18.5 Å². The Bertz CT molecular complexity index is 515. The van der Waals surface area contributed by atoms with Crippen molar-refractivity contribution in [1.82, 2.24) is 15.5 Å². The Morgan fingerprint density at radius 3 is 2.45 bits per heavy atom. The third-order valence-corrected chi connectivity index (χ3v) is 6.39. The third-order valence-electron chi connectivity index (χ3n) is 6.39. The highest BCUT2D eigenvalue weighted by Crippen LogP contribution is 2.60. The molecule has 1 aromatic heterocycles. The molecular formula is C17H25N3O2. The first-order valence-electron chi connectivity index (χ1n) is 8.94. The lowest BCUT2D eigenvalue weighted by Gasteiger charge is -2.55. The minimum absolute atomic E-state index is 0.179. The van der Waals surface area contributed by atoms with Crippen molar-refractivity contribution in [3.8, 4) is 0 Å². The quantitative estimate of drug-likeness (QED) is 0.926. The van der Waals surface area contributed by atoms with Gasteiger partial charge in [-0.15, -0.1) is 0 Å². The number of morpholine rings is 1. The van der Waals surface area contributed by atoms with E-state index in [1.165, 1.54) is 38.5 Å². The van der Waals surface area contributed by atoms with Gasteiger partial charge in [-0.1, -0.05) is 5.16 Å². The van der Waals surface area contributed by atoms with Crippen molar-refractivity contribution in [2.24, 2.45) is 17.8 Å². The van der Waals surface area contributed by atoms with E-state index in [0.29, 0.717) is 0 Å². The summed E-state index contributed by atoms with van der Waals surface area (Å²) in [6.45, 7) is 2.61. The van der Waals surface area contributed by atoms with Gasteiger partial charge in [-0.2, -0.15) is 4.98 Å². The van der Waals surface area contributed by atoms with Gasteiger partial charge in [0.05, 0.1) is 19.1 Å². The number of nitrogens with zero attached hydrogens (tertiary/aromatic N) is 2. The summed E-state index contributed by atoms with van der Waals surface area (Å²) in [6.07, 6.45) is 9.14. The van der Waals surface area contributed by atoms with E-state index in [4.69, 9.17) is 14.2 Å². The largest absolute Gasteiger partial charge is 0.375 e. The lowest BCUT2D eigenvalue weighted by Crippen LogP contribution is -2.49. The van der Waals surface area contributed by atoms with E-state index in [2.05, 4.69) is 10.5 Å². The molecule has 1 atom stereocenters. The highest BCUT2D eigenvalue weighted by atomic mass is 16.5. The molecule has 5 fully saturated rings. The number of hydrogen-bond acceptors (Lipinski definition) is 5. The molecule has 1 aromatic rings. The fraction of sp³-hybridized carbons (Fsp3) is 0.882. The van der Waals surface area contributed by atoms with Crippen LogP contribution in [0.1, 0.15) is 50.2 Å². The Hall–Kier alpha value is -0.940. The summed E-state index contributed by atoms with van der Waals surface area (Å²) in [6, 6.07) is 0. The minimum Gasteiger partial charge on any atom is -0.375 e. The van der Waals surface area contributed by atoms with Crippen molar-refractivity contribution in [2.75, 3.05) is 19.7 Å². The number of rotatable bonds is 3. The third kappa shape index (κ3) is 2.21. The standard InChI is InChI=1S/C17H25N3O2/c1-2-21-14(10-18-1)6-15-19-16(20-22-15)17-7-11-3-12(8-17)5-13(4-11)9-17/h11-14,18H,1-10H2. The van der Waals surface area contributed by atoms with Crippen LogP contribution in [0, 0.1) is 17.8 Å². The molecule has 1 unspecified atom stereocenters. The molecule has 1 saturated heterocycles. The van der Waals surface area contributed by atoms with Crippen LogP contribution in [0.3, 0.4) is 0 Å². The minimum atomic E-state index is 0.179.